The van der Waals surface area contributed by atoms with Crippen molar-refractivity contribution in [1.29, 1.82) is 5.26 Å². The summed E-state index contributed by atoms with van der Waals surface area (Å²) in [5.74, 6) is 1.45. The SMILES string of the molecule is CN(C)CCN(Cc1ccc(C#N)cc1)CN1C(=O)NC2(CCSC2)C1=O. The van der Waals surface area contributed by atoms with Crippen molar-refractivity contribution >= 4 is 23.7 Å². The fraction of sp³-hybridized carbons (Fsp3) is 0.526. The van der Waals surface area contributed by atoms with Crippen LogP contribution in [0.2, 0.25) is 0 Å². The van der Waals surface area contributed by atoms with Crippen LogP contribution < -0.4 is 5.32 Å². The van der Waals surface area contributed by atoms with Gasteiger partial charge in [0.15, 0.2) is 0 Å². The Labute approximate surface area is 164 Å². The summed E-state index contributed by atoms with van der Waals surface area (Å²) >= 11 is 1.71. The number of nitriles is 1. The number of benzene rings is 1. The number of carbonyl (C=O) groups excluding carboxylic acids is 2. The zero-order chi connectivity index (χ0) is 19.4. The molecule has 8 heteroatoms. The van der Waals surface area contributed by atoms with Crippen LogP contribution in [-0.4, -0.2) is 77.5 Å². The van der Waals surface area contributed by atoms with Crippen molar-refractivity contribution in [3.8, 4) is 6.07 Å². The summed E-state index contributed by atoms with van der Waals surface area (Å²) in [5.41, 5.74) is 0.961. The molecule has 1 spiro atoms. The molecule has 0 saturated carbocycles. The Bertz CT molecular complexity index is 737. The Morgan fingerprint density at radius 2 is 2.00 bits per heavy atom. The van der Waals surface area contributed by atoms with Gasteiger partial charge in [0.2, 0.25) is 0 Å². The number of carbonyl (C=O) groups is 2. The third-order valence-electron chi connectivity index (χ3n) is 4.96. The lowest BCUT2D eigenvalue weighted by Crippen LogP contribution is -2.48. The van der Waals surface area contributed by atoms with Gasteiger partial charge < -0.3 is 10.2 Å². The van der Waals surface area contributed by atoms with E-state index in [0.29, 0.717) is 24.3 Å². The highest BCUT2D eigenvalue weighted by atomic mass is 32.2. The Hall–Kier alpha value is -2.08. The molecule has 2 saturated heterocycles. The smallest absolute Gasteiger partial charge is 0.322 e. The van der Waals surface area contributed by atoms with E-state index in [0.717, 1.165) is 24.4 Å². The summed E-state index contributed by atoms with van der Waals surface area (Å²) in [6, 6.07) is 9.24. The summed E-state index contributed by atoms with van der Waals surface area (Å²) < 4.78 is 0. The van der Waals surface area contributed by atoms with Crippen LogP contribution in [0.1, 0.15) is 17.5 Å². The van der Waals surface area contributed by atoms with Gasteiger partial charge in [-0.2, -0.15) is 17.0 Å². The summed E-state index contributed by atoms with van der Waals surface area (Å²) in [7, 11) is 4.00. The number of urea groups is 1. The molecule has 1 unspecified atom stereocenters. The number of hydrogen-bond acceptors (Lipinski definition) is 6. The van der Waals surface area contributed by atoms with E-state index in [1.165, 1.54) is 4.90 Å². The van der Waals surface area contributed by atoms with Gasteiger partial charge in [-0.05, 0) is 44.0 Å². The van der Waals surface area contributed by atoms with Gasteiger partial charge in [-0.1, -0.05) is 12.1 Å². The van der Waals surface area contributed by atoms with Gasteiger partial charge in [0.05, 0.1) is 18.3 Å². The van der Waals surface area contributed by atoms with Gasteiger partial charge in [-0.25, -0.2) is 9.69 Å². The maximum atomic E-state index is 12.9. The molecule has 3 amide bonds. The number of likely N-dealkylation sites (N-methyl/N-ethyl adjacent to an activating group) is 1. The van der Waals surface area contributed by atoms with Crippen LogP contribution in [0.4, 0.5) is 4.79 Å². The first kappa shape index (κ1) is 19.7. The maximum Gasteiger partial charge on any atom is 0.326 e. The van der Waals surface area contributed by atoms with Crippen LogP contribution >= 0.6 is 11.8 Å². The number of imide groups is 1. The Morgan fingerprint density at radius 1 is 1.26 bits per heavy atom. The topological polar surface area (TPSA) is 79.7 Å². The third kappa shape index (κ3) is 4.43. The van der Waals surface area contributed by atoms with E-state index >= 15 is 0 Å². The first-order valence-corrected chi connectivity index (χ1v) is 10.2. The van der Waals surface area contributed by atoms with Crippen molar-refractivity contribution < 1.29 is 9.59 Å². The van der Waals surface area contributed by atoms with Gasteiger partial charge in [0.25, 0.3) is 5.91 Å². The molecule has 0 aliphatic carbocycles. The molecule has 1 aromatic carbocycles. The molecule has 0 bridgehead atoms. The van der Waals surface area contributed by atoms with Crippen molar-refractivity contribution in [2.45, 2.75) is 18.5 Å². The van der Waals surface area contributed by atoms with Gasteiger partial charge in [0.1, 0.15) is 5.54 Å². The second-order valence-electron chi connectivity index (χ2n) is 7.35. The summed E-state index contributed by atoms with van der Waals surface area (Å²) in [5, 5.41) is 11.9. The number of amides is 3. The fourth-order valence-electron chi connectivity index (χ4n) is 3.32. The minimum atomic E-state index is -0.705. The molecule has 0 radical (unpaired) electrons. The largest absolute Gasteiger partial charge is 0.326 e. The number of rotatable bonds is 7. The molecule has 27 heavy (non-hydrogen) atoms. The average molecular weight is 388 g/mol. The Balaban J connectivity index is 1.71. The molecule has 2 fully saturated rings. The van der Waals surface area contributed by atoms with E-state index in [4.69, 9.17) is 5.26 Å². The van der Waals surface area contributed by atoms with Crippen LogP contribution in [0.3, 0.4) is 0 Å². The van der Waals surface area contributed by atoms with Crippen molar-refractivity contribution in [1.82, 2.24) is 20.0 Å². The minimum absolute atomic E-state index is 0.104. The maximum absolute atomic E-state index is 12.9. The molecular weight excluding hydrogens is 362 g/mol. The Kier molecular flexibility index (Phi) is 6.05. The molecule has 2 heterocycles. The molecule has 2 aliphatic rings. The fourth-order valence-corrected chi connectivity index (χ4v) is 4.65. The van der Waals surface area contributed by atoms with Crippen molar-refractivity contribution in [2.75, 3.05) is 45.4 Å². The molecule has 2 aliphatic heterocycles. The van der Waals surface area contributed by atoms with Crippen LogP contribution in [0.15, 0.2) is 24.3 Å². The van der Waals surface area contributed by atoms with E-state index in [1.54, 1.807) is 23.9 Å². The first-order valence-electron chi connectivity index (χ1n) is 9.01. The third-order valence-corrected chi connectivity index (χ3v) is 6.15. The number of nitrogens with one attached hydrogen (secondary N) is 1. The second-order valence-corrected chi connectivity index (χ2v) is 8.46. The van der Waals surface area contributed by atoms with Gasteiger partial charge >= 0.3 is 6.03 Å². The highest BCUT2D eigenvalue weighted by Gasteiger charge is 2.53. The van der Waals surface area contributed by atoms with Crippen LogP contribution in [0, 0.1) is 11.3 Å². The minimum Gasteiger partial charge on any atom is -0.322 e. The standard InChI is InChI=1S/C19H25N5O2S/c1-22(2)8-9-23(12-16-5-3-15(11-20)4-6-16)14-24-17(25)19(21-18(24)26)7-10-27-13-19/h3-6H,7-10,12-14H2,1-2H3,(H,21,26). The van der Waals surface area contributed by atoms with E-state index < -0.39 is 5.54 Å². The number of hydrogen-bond donors (Lipinski definition) is 1. The van der Waals surface area contributed by atoms with Crippen LogP contribution in [0.5, 0.6) is 0 Å². The molecule has 1 aromatic rings. The van der Waals surface area contributed by atoms with E-state index in [2.05, 4.69) is 21.2 Å². The van der Waals surface area contributed by atoms with E-state index in [9.17, 15) is 9.59 Å². The molecule has 0 aromatic heterocycles. The van der Waals surface area contributed by atoms with Gasteiger partial charge in [0, 0.05) is 25.4 Å². The first-order chi connectivity index (χ1) is 12.9. The zero-order valence-corrected chi connectivity index (χ0v) is 16.6. The van der Waals surface area contributed by atoms with E-state index in [-0.39, 0.29) is 18.6 Å². The van der Waals surface area contributed by atoms with Crippen molar-refractivity contribution in [3.05, 3.63) is 35.4 Å². The summed E-state index contributed by atoms with van der Waals surface area (Å²) in [6.45, 7) is 2.43. The number of nitrogens with zero attached hydrogens (tertiary/aromatic N) is 4. The van der Waals surface area contributed by atoms with Gasteiger partial charge in [-0.15, -0.1) is 0 Å². The lowest BCUT2D eigenvalue weighted by Gasteiger charge is -2.28. The average Bonchev–Trinajstić information content (AvgIpc) is 3.21. The van der Waals surface area contributed by atoms with E-state index in [1.807, 2.05) is 26.2 Å². The molecule has 1 N–H and O–H groups in total. The highest BCUT2D eigenvalue weighted by Crippen LogP contribution is 2.33. The normalized spacial score (nSPS) is 22.1. The van der Waals surface area contributed by atoms with Crippen LogP contribution in [-0.2, 0) is 11.3 Å². The Morgan fingerprint density at radius 3 is 2.59 bits per heavy atom. The predicted octanol–water partition coefficient (Wildman–Crippen LogP) is 1.31. The summed E-state index contributed by atoms with van der Waals surface area (Å²) in [4.78, 5) is 30.9. The predicted molar refractivity (Wildman–Crippen MR) is 105 cm³/mol. The lowest BCUT2D eigenvalue weighted by atomic mass is 9.99. The quantitative estimate of drug-likeness (QED) is 0.711. The number of thioether (sulfide) groups is 1. The summed E-state index contributed by atoms with van der Waals surface area (Å²) in [6.07, 6.45) is 0.700. The molecule has 1 atom stereocenters. The second kappa shape index (κ2) is 8.30. The molecular formula is C19H25N5O2S. The van der Waals surface area contributed by atoms with Crippen molar-refractivity contribution in [2.24, 2.45) is 0 Å². The molecule has 7 nitrogen and oxygen atoms in total. The zero-order valence-electron chi connectivity index (χ0n) is 15.8. The highest BCUT2D eigenvalue weighted by molar-refractivity contribution is 7.99. The lowest BCUT2D eigenvalue weighted by molar-refractivity contribution is -0.132. The molecule has 3 rings (SSSR count). The van der Waals surface area contributed by atoms with Crippen molar-refractivity contribution in [3.63, 3.8) is 0 Å². The molecule has 144 valence electrons. The van der Waals surface area contributed by atoms with Crippen LogP contribution in [0.25, 0.3) is 0 Å². The van der Waals surface area contributed by atoms with Gasteiger partial charge in [-0.3, -0.25) is 9.69 Å². The monoisotopic (exact) mass is 387 g/mol.